The van der Waals surface area contributed by atoms with Gasteiger partial charge in [0.1, 0.15) is 23.0 Å². The molecule has 6 N–H and O–H groups in total. The Labute approximate surface area is 241 Å². The Morgan fingerprint density at radius 3 is 2.76 bits per heavy atom. The predicted molar refractivity (Wildman–Crippen MR) is 155 cm³/mol. The third-order valence-corrected chi connectivity index (χ3v) is 7.81. The maximum atomic E-state index is 12.9. The molecule has 5 rings (SSSR count). The van der Waals surface area contributed by atoms with E-state index in [1.807, 2.05) is 12.3 Å². The van der Waals surface area contributed by atoms with Gasteiger partial charge in [0.15, 0.2) is 0 Å². The average molecular weight is 572 g/mol. The molecule has 3 aromatic heterocycles. The van der Waals surface area contributed by atoms with Crippen molar-refractivity contribution < 1.29 is 19.8 Å². The highest BCUT2D eigenvalue weighted by atomic mass is 16.4. The van der Waals surface area contributed by atoms with Crippen LogP contribution in [0.4, 0.5) is 11.6 Å². The van der Waals surface area contributed by atoms with E-state index >= 15 is 0 Å². The second-order valence-corrected chi connectivity index (χ2v) is 10.6. The lowest BCUT2D eigenvalue weighted by molar-refractivity contribution is -0.139. The average Bonchev–Trinajstić information content (AvgIpc) is 3.61. The summed E-state index contributed by atoms with van der Waals surface area (Å²) in [5.74, 6) is -1.44. The van der Waals surface area contributed by atoms with Crippen LogP contribution in [0.5, 0.6) is 5.75 Å². The predicted octanol–water partition coefficient (Wildman–Crippen LogP) is 4.99. The van der Waals surface area contributed by atoms with E-state index < -0.39 is 17.9 Å². The van der Waals surface area contributed by atoms with Gasteiger partial charge in [-0.1, -0.05) is 0 Å². The van der Waals surface area contributed by atoms with E-state index in [1.165, 1.54) is 18.2 Å². The number of amides is 1. The number of carboxylic acid groups (broad SMARTS) is 1. The fraction of sp³-hybridized carbons (Fsp3) is 0.414. The molecule has 0 radical (unpaired) electrons. The number of phenolic OH excluding ortho intramolecular Hbond substituents is 1. The molecule has 1 aliphatic rings. The molecule has 1 saturated carbocycles. The van der Waals surface area contributed by atoms with E-state index in [0.29, 0.717) is 43.2 Å². The van der Waals surface area contributed by atoms with Crippen molar-refractivity contribution in [2.45, 2.75) is 63.5 Å². The zero-order valence-electron chi connectivity index (χ0n) is 23.0. The maximum absolute atomic E-state index is 12.9. The maximum Gasteiger partial charge on any atom is 0.326 e. The van der Waals surface area contributed by atoms with E-state index in [-0.39, 0.29) is 29.5 Å². The summed E-state index contributed by atoms with van der Waals surface area (Å²) in [6, 6.07) is 7.42. The molecule has 4 aromatic rings. The summed E-state index contributed by atoms with van der Waals surface area (Å²) in [4.78, 5) is 36.9. The van der Waals surface area contributed by atoms with Crippen molar-refractivity contribution in [2.24, 2.45) is 21.9 Å². The molecule has 0 spiro atoms. The number of aromatic amines is 1. The molecule has 1 fully saturated rings. The molecule has 42 heavy (non-hydrogen) atoms. The van der Waals surface area contributed by atoms with Gasteiger partial charge in [-0.3, -0.25) is 4.79 Å². The zero-order chi connectivity index (χ0) is 29.6. The molecule has 1 aliphatic carbocycles. The summed E-state index contributed by atoms with van der Waals surface area (Å²) in [5, 5.41) is 41.2. The van der Waals surface area contributed by atoms with Crippen LogP contribution >= 0.6 is 0 Å². The van der Waals surface area contributed by atoms with Crippen LogP contribution in [0.15, 0.2) is 46.9 Å². The number of nitriles is 1. The summed E-state index contributed by atoms with van der Waals surface area (Å²) in [6.07, 6.45) is 9.06. The number of rotatable bonds is 11. The SMILES string of the molecule is N#CCC1CCC(n2c(N=Nc3ccc(O)c(C(=O)N[C@H](CCCCN)C(=O)O)c3)nc3cnc4[nH]ccc4c32)CC1. The van der Waals surface area contributed by atoms with Crippen molar-refractivity contribution in [1.29, 1.82) is 5.26 Å². The van der Waals surface area contributed by atoms with Gasteiger partial charge in [-0.2, -0.15) is 5.26 Å². The van der Waals surface area contributed by atoms with E-state index in [9.17, 15) is 19.8 Å². The highest BCUT2D eigenvalue weighted by Crippen LogP contribution is 2.40. The quantitative estimate of drug-likeness (QED) is 0.122. The molecule has 0 unspecified atom stereocenters. The number of hydrogen-bond donors (Lipinski definition) is 5. The number of nitrogens with zero attached hydrogens (tertiary/aromatic N) is 6. The van der Waals surface area contributed by atoms with Gasteiger partial charge >= 0.3 is 5.97 Å². The second-order valence-electron chi connectivity index (χ2n) is 10.6. The number of unbranched alkanes of at least 4 members (excludes halogenated alkanes) is 1. The topological polar surface area (TPSA) is 208 Å². The first kappa shape index (κ1) is 28.7. The first-order chi connectivity index (χ1) is 20.4. The largest absolute Gasteiger partial charge is 0.507 e. The number of H-pyrrole nitrogens is 1. The van der Waals surface area contributed by atoms with Crippen LogP contribution in [-0.2, 0) is 4.79 Å². The Balaban J connectivity index is 1.44. The normalized spacial score (nSPS) is 17.9. The first-order valence-corrected chi connectivity index (χ1v) is 14.1. The second kappa shape index (κ2) is 12.8. The fourth-order valence-corrected chi connectivity index (χ4v) is 5.59. The number of aromatic hydroxyl groups is 1. The summed E-state index contributed by atoms with van der Waals surface area (Å²) in [5.41, 5.74) is 7.98. The molecule has 0 aliphatic heterocycles. The van der Waals surface area contributed by atoms with Gasteiger partial charge in [-0.05, 0) is 81.7 Å². The van der Waals surface area contributed by atoms with E-state index in [0.717, 1.165) is 42.2 Å². The van der Waals surface area contributed by atoms with E-state index in [4.69, 9.17) is 16.0 Å². The lowest BCUT2D eigenvalue weighted by Crippen LogP contribution is -2.40. The number of aliphatic carboxylic acids is 1. The van der Waals surface area contributed by atoms with Crippen molar-refractivity contribution in [3.05, 3.63) is 42.2 Å². The number of benzene rings is 1. The van der Waals surface area contributed by atoms with Gasteiger partial charge in [0.2, 0.25) is 0 Å². The van der Waals surface area contributed by atoms with Crippen LogP contribution in [0.3, 0.4) is 0 Å². The number of carbonyl (C=O) groups is 2. The fourth-order valence-electron chi connectivity index (χ4n) is 5.59. The molecule has 1 aromatic carbocycles. The molecule has 0 bridgehead atoms. The standard InChI is InChI=1S/C29H33N9O4/c30-12-2-1-3-22(28(41)42)34-27(40)21-15-18(6-9-24(21)39)36-37-29-35-23-16-33-26-20(11-14-32-26)25(23)38(29)19-7-4-17(5-8-19)10-13-31/h6,9,11,14-17,19,22,39H,1-5,7-8,10,12,30H2,(H,32,33)(H,34,40)(H,41,42)/t17?,19?,22-/m1/s1. The van der Waals surface area contributed by atoms with Gasteiger partial charge in [0, 0.05) is 24.0 Å². The number of pyridine rings is 1. The van der Waals surface area contributed by atoms with E-state index in [2.05, 4.69) is 36.1 Å². The summed E-state index contributed by atoms with van der Waals surface area (Å²) in [6.45, 7) is 0.428. The van der Waals surface area contributed by atoms with Crippen LogP contribution in [-0.4, -0.2) is 54.2 Å². The number of nitrogens with one attached hydrogen (secondary N) is 2. The van der Waals surface area contributed by atoms with Crippen molar-refractivity contribution in [3.8, 4) is 11.8 Å². The number of nitrogens with two attached hydrogens (primary N) is 1. The Morgan fingerprint density at radius 1 is 1.21 bits per heavy atom. The van der Waals surface area contributed by atoms with Crippen LogP contribution in [0.1, 0.15) is 67.8 Å². The number of carboxylic acids is 1. The summed E-state index contributed by atoms with van der Waals surface area (Å²) >= 11 is 0. The van der Waals surface area contributed by atoms with Gasteiger partial charge in [-0.25, -0.2) is 14.8 Å². The zero-order valence-corrected chi connectivity index (χ0v) is 23.0. The first-order valence-electron chi connectivity index (χ1n) is 14.1. The summed E-state index contributed by atoms with van der Waals surface area (Å²) in [7, 11) is 0. The Hall–Kier alpha value is -4.83. The Morgan fingerprint density at radius 2 is 2.02 bits per heavy atom. The molecule has 218 valence electrons. The monoisotopic (exact) mass is 571 g/mol. The molecule has 3 heterocycles. The number of fused-ring (bicyclic) bond motifs is 3. The number of imidazole rings is 1. The van der Waals surface area contributed by atoms with Crippen LogP contribution in [0.25, 0.3) is 22.1 Å². The highest BCUT2D eigenvalue weighted by Gasteiger charge is 2.27. The smallest absolute Gasteiger partial charge is 0.326 e. The minimum absolute atomic E-state index is 0.104. The third kappa shape index (κ3) is 6.08. The lowest BCUT2D eigenvalue weighted by Gasteiger charge is -2.29. The van der Waals surface area contributed by atoms with Gasteiger partial charge in [0.05, 0.1) is 29.0 Å². The van der Waals surface area contributed by atoms with Crippen LogP contribution in [0.2, 0.25) is 0 Å². The van der Waals surface area contributed by atoms with Crippen molar-refractivity contribution in [2.75, 3.05) is 6.54 Å². The minimum atomic E-state index is -1.16. The highest BCUT2D eigenvalue weighted by molar-refractivity contribution is 6.02. The molecule has 1 amide bonds. The van der Waals surface area contributed by atoms with Crippen molar-refractivity contribution in [3.63, 3.8) is 0 Å². The Bertz CT molecular complexity index is 1660. The number of aromatic nitrogens is 4. The molecular weight excluding hydrogens is 538 g/mol. The number of carbonyl (C=O) groups excluding carboxylic acids is 1. The van der Waals surface area contributed by atoms with Gasteiger partial charge < -0.3 is 30.8 Å². The lowest BCUT2D eigenvalue weighted by atomic mass is 9.84. The van der Waals surface area contributed by atoms with Gasteiger partial charge in [0.25, 0.3) is 11.9 Å². The molecule has 0 saturated heterocycles. The number of hydrogen-bond acceptors (Lipinski definition) is 9. The number of azo groups is 1. The Kier molecular flexibility index (Phi) is 8.73. The van der Waals surface area contributed by atoms with E-state index in [1.54, 1.807) is 6.20 Å². The molecule has 1 atom stereocenters. The van der Waals surface area contributed by atoms with Crippen LogP contribution < -0.4 is 11.1 Å². The number of phenols is 1. The molecule has 13 heteroatoms. The van der Waals surface area contributed by atoms with Crippen molar-refractivity contribution >= 4 is 45.6 Å². The summed E-state index contributed by atoms with van der Waals surface area (Å²) < 4.78 is 2.09. The van der Waals surface area contributed by atoms with Gasteiger partial charge in [-0.15, -0.1) is 10.2 Å². The van der Waals surface area contributed by atoms with Crippen LogP contribution in [0, 0.1) is 17.2 Å². The molecular formula is C29H33N9O4. The van der Waals surface area contributed by atoms with Crippen molar-refractivity contribution in [1.82, 2.24) is 24.8 Å². The minimum Gasteiger partial charge on any atom is -0.507 e. The third-order valence-electron chi connectivity index (χ3n) is 7.81. The molecule has 13 nitrogen and oxygen atoms in total.